The van der Waals surface area contributed by atoms with Crippen LogP contribution in [0.5, 0.6) is 0 Å². The predicted octanol–water partition coefficient (Wildman–Crippen LogP) is 4.53. The first-order valence-corrected chi connectivity index (χ1v) is 10.2. The minimum absolute atomic E-state index is 0.0138. The quantitative estimate of drug-likeness (QED) is 0.566. The van der Waals surface area contributed by atoms with Gasteiger partial charge in [0, 0.05) is 22.3 Å². The first-order chi connectivity index (χ1) is 13.8. The molecule has 0 atom stereocenters. The summed E-state index contributed by atoms with van der Waals surface area (Å²) in [4.78, 5) is 35.9. The van der Waals surface area contributed by atoms with E-state index in [2.05, 4.69) is 26.6 Å². The molecule has 0 aliphatic heterocycles. The number of anilines is 2. The first kappa shape index (κ1) is 22.6. The molecule has 0 bridgehead atoms. The molecule has 0 saturated carbocycles. The molecule has 0 aromatic heterocycles. The van der Waals surface area contributed by atoms with E-state index in [0.29, 0.717) is 11.4 Å². The molecule has 0 aliphatic rings. The summed E-state index contributed by atoms with van der Waals surface area (Å²) < 4.78 is 5.90. The number of nitrogens with one attached hydrogen (secondary N) is 2. The van der Waals surface area contributed by atoms with Gasteiger partial charge in [0.1, 0.15) is 0 Å². The van der Waals surface area contributed by atoms with Crippen LogP contribution in [0.4, 0.5) is 11.4 Å². The second-order valence-electron chi connectivity index (χ2n) is 6.71. The molecule has 2 rings (SSSR count). The summed E-state index contributed by atoms with van der Waals surface area (Å²) in [5, 5.41) is 5.49. The van der Waals surface area contributed by atoms with Crippen LogP contribution in [0.2, 0.25) is 0 Å². The fourth-order valence-corrected chi connectivity index (χ4v) is 3.05. The van der Waals surface area contributed by atoms with Gasteiger partial charge in [0.05, 0.1) is 6.42 Å². The Morgan fingerprint density at radius 1 is 0.931 bits per heavy atom. The largest absolute Gasteiger partial charge is 0.456 e. The van der Waals surface area contributed by atoms with E-state index in [4.69, 9.17) is 4.74 Å². The van der Waals surface area contributed by atoms with E-state index in [1.54, 1.807) is 6.07 Å². The molecule has 0 spiro atoms. The third-order valence-corrected chi connectivity index (χ3v) is 4.93. The molecular formula is C22H25BrN2O4. The highest BCUT2D eigenvalue weighted by Gasteiger charge is 2.12. The summed E-state index contributed by atoms with van der Waals surface area (Å²) in [6.07, 6.45) is 0.646. The Bertz CT molecular complexity index is 912. The SMILES string of the molecule is CCc1cc(Br)ccc1NC(=O)COC(=O)CCC(=O)Nc1ccc(C)c(C)c1. The minimum Gasteiger partial charge on any atom is -0.456 e. The van der Waals surface area contributed by atoms with Crippen LogP contribution in [0.15, 0.2) is 40.9 Å². The van der Waals surface area contributed by atoms with Crippen molar-refractivity contribution in [3.8, 4) is 0 Å². The number of aryl methyl sites for hydroxylation is 3. The van der Waals surface area contributed by atoms with Gasteiger partial charge in [0.25, 0.3) is 5.91 Å². The Labute approximate surface area is 179 Å². The van der Waals surface area contributed by atoms with Crippen molar-refractivity contribution in [1.29, 1.82) is 0 Å². The monoisotopic (exact) mass is 460 g/mol. The zero-order chi connectivity index (χ0) is 21.4. The molecule has 0 fully saturated rings. The molecule has 2 aromatic rings. The van der Waals surface area contributed by atoms with Crippen molar-refractivity contribution >= 4 is 45.1 Å². The van der Waals surface area contributed by atoms with Crippen LogP contribution in [-0.4, -0.2) is 24.4 Å². The molecule has 6 nitrogen and oxygen atoms in total. The average Bonchev–Trinajstić information content (AvgIpc) is 2.69. The summed E-state index contributed by atoms with van der Waals surface area (Å²) in [5.41, 5.74) is 4.56. The van der Waals surface area contributed by atoms with Crippen molar-refractivity contribution in [2.75, 3.05) is 17.2 Å². The number of ether oxygens (including phenoxy) is 1. The van der Waals surface area contributed by atoms with Crippen molar-refractivity contribution in [2.24, 2.45) is 0 Å². The summed E-state index contributed by atoms with van der Waals surface area (Å²) in [6.45, 7) is 5.55. The summed E-state index contributed by atoms with van der Waals surface area (Å²) in [6, 6.07) is 11.2. The number of halogens is 1. The molecule has 0 aliphatic carbocycles. The van der Waals surface area contributed by atoms with E-state index in [1.807, 2.05) is 51.1 Å². The van der Waals surface area contributed by atoms with Gasteiger partial charge in [-0.2, -0.15) is 0 Å². The van der Waals surface area contributed by atoms with Gasteiger partial charge in [0.15, 0.2) is 6.61 Å². The zero-order valence-corrected chi connectivity index (χ0v) is 18.4. The smallest absolute Gasteiger partial charge is 0.306 e. The molecule has 2 amide bonds. The third kappa shape index (κ3) is 7.34. The van der Waals surface area contributed by atoms with E-state index in [-0.39, 0.29) is 18.7 Å². The second-order valence-corrected chi connectivity index (χ2v) is 7.63. The fourth-order valence-electron chi connectivity index (χ4n) is 2.64. The number of hydrogen-bond acceptors (Lipinski definition) is 4. The lowest BCUT2D eigenvalue weighted by atomic mass is 10.1. The van der Waals surface area contributed by atoms with Crippen molar-refractivity contribution in [3.05, 3.63) is 57.6 Å². The van der Waals surface area contributed by atoms with Crippen molar-refractivity contribution in [1.82, 2.24) is 0 Å². The van der Waals surface area contributed by atoms with Crippen LogP contribution in [-0.2, 0) is 25.5 Å². The van der Waals surface area contributed by atoms with Crippen LogP contribution >= 0.6 is 15.9 Å². The predicted molar refractivity (Wildman–Crippen MR) is 117 cm³/mol. The van der Waals surface area contributed by atoms with Gasteiger partial charge >= 0.3 is 5.97 Å². The maximum absolute atomic E-state index is 12.0. The highest BCUT2D eigenvalue weighted by atomic mass is 79.9. The van der Waals surface area contributed by atoms with Gasteiger partial charge in [-0.3, -0.25) is 14.4 Å². The Kier molecular flexibility index (Phi) is 8.39. The lowest BCUT2D eigenvalue weighted by Gasteiger charge is -2.11. The van der Waals surface area contributed by atoms with Crippen LogP contribution in [0.1, 0.15) is 36.5 Å². The molecule has 2 N–H and O–H groups in total. The van der Waals surface area contributed by atoms with Crippen molar-refractivity contribution in [2.45, 2.75) is 40.0 Å². The second kappa shape index (κ2) is 10.8. The molecule has 154 valence electrons. The number of hydrogen-bond donors (Lipinski definition) is 2. The number of carbonyl (C=O) groups excluding carboxylic acids is 3. The number of carbonyl (C=O) groups is 3. The summed E-state index contributed by atoms with van der Waals surface area (Å²) >= 11 is 3.39. The molecule has 0 unspecified atom stereocenters. The standard InChI is InChI=1S/C22H25BrN2O4/c1-4-16-12-17(23)6-8-19(16)25-21(27)13-29-22(28)10-9-20(26)24-18-7-5-14(2)15(3)11-18/h5-8,11-12H,4,9-10,13H2,1-3H3,(H,24,26)(H,25,27). The van der Waals surface area contributed by atoms with Gasteiger partial charge in [-0.15, -0.1) is 0 Å². The number of rotatable bonds is 8. The molecule has 0 saturated heterocycles. The fraction of sp³-hybridized carbons (Fsp3) is 0.318. The maximum Gasteiger partial charge on any atom is 0.306 e. The Hall–Kier alpha value is -2.67. The number of amides is 2. The average molecular weight is 461 g/mol. The van der Waals surface area contributed by atoms with Gasteiger partial charge in [-0.1, -0.05) is 28.9 Å². The Morgan fingerprint density at radius 3 is 2.38 bits per heavy atom. The zero-order valence-electron chi connectivity index (χ0n) is 16.8. The van der Waals surface area contributed by atoms with Gasteiger partial charge in [-0.05, 0) is 67.3 Å². The lowest BCUT2D eigenvalue weighted by Crippen LogP contribution is -2.22. The summed E-state index contributed by atoms with van der Waals surface area (Å²) in [5.74, 6) is -1.30. The third-order valence-electron chi connectivity index (χ3n) is 4.43. The van der Waals surface area contributed by atoms with E-state index in [1.165, 1.54) is 0 Å². The van der Waals surface area contributed by atoms with Crippen LogP contribution < -0.4 is 10.6 Å². The Morgan fingerprint density at radius 2 is 1.69 bits per heavy atom. The first-order valence-electron chi connectivity index (χ1n) is 9.39. The van der Waals surface area contributed by atoms with Crippen molar-refractivity contribution < 1.29 is 19.1 Å². The normalized spacial score (nSPS) is 10.3. The van der Waals surface area contributed by atoms with Crippen LogP contribution in [0.3, 0.4) is 0 Å². The van der Waals surface area contributed by atoms with E-state index >= 15 is 0 Å². The molecular weight excluding hydrogens is 436 g/mol. The number of benzene rings is 2. The highest BCUT2D eigenvalue weighted by molar-refractivity contribution is 9.10. The molecule has 0 radical (unpaired) electrons. The minimum atomic E-state index is -0.595. The van der Waals surface area contributed by atoms with Gasteiger partial charge in [0.2, 0.25) is 5.91 Å². The molecule has 7 heteroatoms. The lowest BCUT2D eigenvalue weighted by molar-refractivity contribution is -0.147. The highest BCUT2D eigenvalue weighted by Crippen LogP contribution is 2.21. The number of esters is 1. The van der Waals surface area contributed by atoms with Crippen LogP contribution in [0, 0.1) is 13.8 Å². The molecule has 0 heterocycles. The van der Waals surface area contributed by atoms with E-state index in [0.717, 1.165) is 27.6 Å². The Balaban J connectivity index is 1.74. The van der Waals surface area contributed by atoms with E-state index < -0.39 is 18.5 Å². The maximum atomic E-state index is 12.0. The molecule has 2 aromatic carbocycles. The van der Waals surface area contributed by atoms with Crippen molar-refractivity contribution in [3.63, 3.8) is 0 Å². The van der Waals surface area contributed by atoms with E-state index in [9.17, 15) is 14.4 Å². The molecule has 29 heavy (non-hydrogen) atoms. The van der Waals surface area contributed by atoms with Gasteiger partial charge in [-0.25, -0.2) is 0 Å². The topological polar surface area (TPSA) is 84.5 Å². The van der Waals surface area contributed by atoms with Gasteiger partial charge < -0.3 is 15.4 Å². The summed E-state index contributed by atoms with van der Waals surface area (Å²) in [7, 11) is 0. The van der Waals surface area contributed by atoms with Crippen LogP contribution in [0.25, 0.3) is 0 Å².